The predicted molar refractivity (Wildman–Crippen MR) is 78.0 cm³/mol. The maximum absolute atomic E-state index is 12.3. The molecule has 100 valence electrons. The van der Waals surface area contributed by atoms with Gasteiger partial charge in [0.05, 0.1) is 0 Å². The highest BCUT2D eigenvalue weighted by atomic mass is 16.1. The van der Waals surface area contributed by atoms with Crippen molar-refractivity contribution < 1.29 is 0 Å². The zero-order chi connectivity index (χ0) is 13.8. The number of benzene rings is 1. The van der Waals surface area contributed by atoms with Gasteiger partial charge in [-0.05, 0) is 24.1 Å². The molecule has 3 aromatic rings. The van der Waals surface area contributed by atoms with E-state index in [1.54, 1.807) is 27.7 Å². The Labute approximate surface area is 117 Å². The first-order chi connectivity index (χ1) is 9.84. The second-order valence-electron chi connectivity index (χ2n) is 4.57. The number of rotatable bonds is 4. The molecule has 0 aliphatic carbocycles. The number of nitrogens with zero attached hydrogens (tertiary/aromatic N) is 3. The highest BCUT2D eigenvalue weighted by molar-refractivity contribution is 5.21. The molecule has 0 saturated heterocycles. The largest absolute Gasteiger partial charge is 0.333 e. The van der Waals surface area contributed by atoms with Crippen molar-refractivity contribution in [3.8, 4) is 5.82 Å². The maximum Gasteiger partial charge on any atom is 0.333 e. The first-order valence-corrected chi connectivity index (χ1v) is 6.58. The van der Waals surface area contributed by atoms with E-state index < -0.39 is 0 Å². The minimum atomic E-state index is -0.0559. The van der Waals surface area contributed by atoms with Crippen LogP contribution >= 0.6 is 0 Å². The van der Waals surface area contributed by atoms with Crippen molar-refractivity contribution in [3.63, 3.8) is 0 Å². The van der Waals surface area contributed by atoms with Gasteiger partial charge in [-0.25, -0.2) is 9.78 Å². The molecule has 2 aromatic heterocycles. The topological polar surface area (TPSA) is 39.8 Å². The Balaban J connectivity index is 1.80. The number of imidazole rings is 1. The fourth-order valence-corrected chi connectivity index (χ4v) is 2.15. The third-order valence-electron chi connectivity index (χ3n) is 3.23. The van der Waals surface area contributed by atoms with Crippen molar-refractivity contribution >= 4 is 0 Å². The van der Waals surface area contributed by atoms with E-state index in [2.05, 4.69) is 17.1 Å². The van der Waals surface area contributed by atoms with Gasteiger partial charge in [0.15, 0.2) is 0 Å². The first kappa shape index (κ1) is 12.4. The summed E-state index contributed by atoms with van der Waals surface area (Å²) in [6.07, 6.45) is 6.09. The summed E-state index contributed by atoms with van der Waals surface area (Å²) in [7, 11) is 0. The van der Waals surface area contributed by atoms with Crippen LogP contribution in [0.1, 0.15) is 5.56 Å². The third-order valence-corrected chi connectivity index (χ3v) is 3.23. The zero-order valence-corrected chi connectivity index (χ0v) is 11.0. The molecular formula is C16H15N3O. The van der Waals surface area contributed by atoms with E-state index in [9.17, 15) is 4.79 Å². The van der Waals surface area contributed by atoms with Crippen LogP contribution in [0.15, 0.2) is 71.9 Å². The zero-order valence-electron chi connectivity index (χ0n) is 11.0. The van der Waals surface area contributed by atoms with Crippen LogP contribution < -0.4 is 5.69 Å². The van der Waals surface area contributed by atoms with Crippen molar-refractivity contribution in [3.05, 3.63) is 83.2 Å². The first-order valence-electron chi connectivity index (χ1n) is 6.58. The van der Waals surface area contributed by atoms with Crippen LogP contribution in [0.3, 0.4) is 0 Å². The van der Waals surface area contributed by atoms with Crippen LogP contribution in [0.5, 0.6) is 0 Å². The van der Waals surface area contributed by atoms with Gasteiger partial charge in [-0.1, -0.05) is 36.4 Å². The molecule has 4 heteroatoms. The smallest absolute Gasteiger partial charge is 0.299 e. The molecular weight excluding hydrogens is 250 g/mol. The predicted octanol–water partition coefficient (Wildman–Crippen LogP) is 2.28. The Morgan fingerprint density at radius 1 is 0.950 bits per heavy atom. The SMILES string of the molecule is O=c1n(CCc2ccccc2)ccn1-c1ccccn1. The fraction of sp³-hybridized carbons (Fsp3) is 0.125. The summed E-state index contributed by atoms with van der Waals surface area (Å²) in [5.74, 6) is 0.649. The number of aryl methyl sites for hydroxylation is 2. The van der Waals surface area contributed by atoms with Crippen molar-refractivity contribution in [2.75, 3.05) is 0 Å². The van der Waals surface area contributed by atoms with Crippen LogP contribution in [0.2, 0.25) is 0 Å². The summed E-state index contributed by atoms with van der Waals surface area (Å²) in [6.45, 7) is 0.669. The van der Waals surface area contributed by atoms with Crippen LogP contribution in [0.4, 0.5) is 0 Å². The molecule has 0 fully saturated rings. The second-order valence-corrected chi connectivity index (χ2v) is 4.57. The van der Waals surface area contributed by atoms with Gasteiger partial charge in [0.2, 0.25) is 0 Å². The lowest BCUT2D eigenvalue weighted by molar-refractivity contribution is 0.660. The number of hydrogen-bond acceptors (Lipinski definition) is 2. The molecule has 20 heavy (non-hydrogen) atoms. The highest BCUT2D eigenvalue weighted by Gasteiger charge is 2.05. The molecule has 3 rings (SSSR count). The highest BCUT2D eigenvalue weighted by Crippen LogP contribution is 2.03. The molecule has 0 radical (unpaired) electrons. The van der Waals surface area contributed by atoms with Gasteiger partial charge in [-0.2, -0.15) is 0 Å². The van der Waals surface area contributed by atoms with E-state index in [4.69, 9.17) is 0 Å². The Morgan fingerprint density at radius 2 is 1.75 bits per heavy atom. The summed E-state index contributed by atoms with van der Waals surface area (Å²) in [5.41, 5.74) is 1.17. The number of pyridine rings is 1. The van der Waals surface area contributed by atoms with Crippen molar-refractivity contribution in [1.82, 2.24) is 14.1 Å². The maximum atomic E-state index is 12.3. The molecule has 4 nitrogen and oxygen atoms in total. The standard InChI is InChI=1S/C16H15N3O/c20-16-18(11-9-14-6-2-1-3-7-14)12-13-19(16)15-8-4-5-10-17-15/h1-8,10,12-13H,9,11H2. The molecule has 0 amide bonds. The summed E-state index contributed by atoms with van der Waals surface area (Å²) in [6, 6.07) is 15.7. The molecule has 0 N–H and O–H groups in total. The van der Waals surface area contributed by atoms with Crippen LogP contribution in [-0.4, -0.2) is 14.1 Å². The summed E-state index contributed by atoms with van der Waals surface area (Å²) >= 11 is 0. The summed E-state index contributed by atoms with van der Waals surface area (Å²) in [5, 5.41) is 0. The minimum Gasteiger partial charge on any atom is -0.299 e. The number of hydrogen-bond donors (Lipinski definition) is 0. The molecule has 0 atom stereocenters. The van der Waals surface area contributed by atoms with Gasteiger partial charge in [-0.3, -0.25) is 9.13 Å². The minimum absolute atomic E-state index is 0.0559. The second kappa shape index (κ2) is 5.57. The van der Waals surface area contributed by atoms with Gasteiger partial charge < -0.3 is 0 Å². The Kier molecular flexibility index (Phi) is 3.46. The van der Waals surface area contributed by atoms with E-state index >= 15 is 0 Å². The number of aromatic nitrogens is 3. The van der Waals surface area contributed by atoms with E-state index in [1.165, 1.54) is 5.56 Å². The fourth-order valence-electron chi connectivity index (χ4n) is 2.15. The summed E-state index contributed by atoms with van der Waals surface area (Å²) in [4.78, 5) is 16.5. The van der Waals surface area contributed by atoms with Gasteiger partial charge in [0, 0.05) is 25.1 Å². The molecule has 1 aromatic carbocycles. The van der Waals surface area contributed by atoms with Crippen molar-refractivity contribution in [2.24, 2.45) is 0 Å². The van der Waals surface area contributed by atoms with E-state index in [0.29, 0.717) is 12.4 Å². The third kappa shape index (κ3) is 2.54. The van der Waals surface area contributed by atoms with Gasteiger partial charge >= 0.3 is 5.69 Å². The lowest BCUT2D eigenvalue weighted by Crippen LogP contribution is -2.24. The summed E-state index contributed by atoms with van der Waals surface area (Å²) < 4.78 is 3.27. The van der Waals surface area contributed by atoms with E-state index in [0.717, 1.165) is 6.42 Å². The van der Waals surface area contributed by atoms with Crippen molar-refractivity contribution in [2.45, 2.75) is 13.0 Å². The average Bonchev–Trinajstić information content (AvgIpc) is 2.88. The average molecular weight is 265 g/mol. The van der Waals surface area contributed by atoms with Gasteiger partial charge in [0.1, 0.15) is 5.82 Å². The lowest BCUT2D eigenvalue weighted by Gasteiger charge is -2.02. The molecule has 0 aliphatic rings. The van der Waals surface area contributed by atoms with E-state index in [1.807, 2.05) is 36.4 Å². The monoisotopic (exact) mass is 265 g/mol. The Hall–Kier alpha value is -2.62. The molecule has 0 saturated carbocycles. The Morgan fingerprint density at radius 3 is 2.50 bits per heavy atom. The van der Waals surface area contributed by atoms with Crippen LogP contribution in [0.25, 0.3) is 5.82 Å². The normalized spacial score (nSPS) is 10.6. The molecule has 0 bridgehead atoms. The Bertz CT molecular complexity index is 729. The molecule has 2 heterocycles. The molecule has 0 spiro atoms. The molecule has 0 unspecified atom stereocenters. The lowest BCUT2D eigenvalue weighted by atomic mass is 10.1. The quantitative estimate of drug-likeness (QED) is 0.726. The van der Waals surface area contributed by atoms with E-state index in [-0.39, 0.29) is 5.69 Å². The van der Waals surface area contributed by atoms with Gasteiger partial charge in [0.25, 0.3) is 0 Å². The van der Waals surface area contributed by atoms with Crippen molar-refractivity contribution in [1.29, 1.82) is 0 Å². The van der Waals surface area contributed by atoms with Gasteiger partial charge in [-0.15, -0.1) is 0 Å². The molecule has 0 aliphatic heterocycles. The van der Waals surface area contributed by atoms with Crippen LogP contribution in [0, 0.1) is 0 Å². The van der Waals surface area contributed by atoms with Crippen LogP contribution in [-0.2, 0) is 13.0 Å².